The molecule has 0 radical (unpaired) electrons. The smallest absolute Gasteiger partial charge is 0.227 e. The molecule has 3 atom stereocenters. The zero-order valence-corrected chi connectivity index (χ0v) is 15.1. The van der Waals surface area contributed by atoms with Crippen molar-refractivity contribution in [3.8, 4) is 0 Å². The molecule has 1 N–H and O–H groups in total. The van der Waals surface area contributed by atoms with Gasteiger partial charge in [-0.1, -0.05) is 43.7 Å². The van der Waals surface area contributed by atoms with Crippen molar-refractivity contribution < 1.29 is 14.6 Å². The Labute approximate surface area is 150 Å². The summed E-state index contributed by atoms with van der Waals surface area (Å²) in [5.74, 6) is 0.931. The Hall–Kier alpha value is -1.43. The predicted octanol–water partition coefficient (Wildman–Crippen LogP) is 1.41. The third kappa shape index (κ3) is 4.40. The summed E-state index contributed by atoms with van der Waals surface area (Å²) in [5, 5.41) is 10.0. The molecule has 2 heterocycles. The number of rotatable bonds is 6. The average Bonchev–Trinajstić information content (AvgIpc) is 3.01. The van der Waals surface area contributed by atoms with Gasteiger partial charge in [-0.25, -0.2) is 0 Å². The summed E-state index contributed by atoms with van der Waals surface area (Å²) >= 11 is 0. The van der Waals surface area contributed by atoms with Crippen molar-refractivity contribution in [2.75, 3.05) is 46.0 Å². The van der Waals surface area contributed by atoms with Crippen LogP contribution in [0, 0.1) is 11.8 Å². The molecular formula is C20H30N2O3. The summed E-state index contributed by atoms with van der Waals surface area (Å²) in [7, 11) is 0. The second-order valence-electron chi connectivity index (χ2n) is 7.20. The predicted molar refractivity (Wildman–Crippen MR) is 97.3 cm³/mol. The van der Waals surface area contributed by atoms with E-state index in [0.717, 1.165) is 51.4 Å². The molecule has 0 bridgehead atoms. The molecule has 2 fully saturated rings. The maximum absolute atomic E-state index is 12.9. The molecule has 2 saturated heterocycles. The van der Waals surface area contributed by atoms with Gasteiger partial charge in [0, 0.05) is 26.2 Å². The molecule has 0 unspecified atom stereocenters. The van der Waals surface area contributed by atoms with Gasteiger partial charge in [0.1, 0.15) is 0 Å². The monoisotopic (exact) mass is 346 g/mol. The number of aliphatic hydroxyl groups is 1. The van der Waals surface area contributed by atoms with E-state index in [1.165, 1.54) is 0 Å². The molecule has 5 nitrogen and oxygen atoms in total. The van der Waals surface area contributed by atoms with Gasteiger partial charge in [-0.3, -0.25) is 9.69 Å². The minimum Gasteiger partial charge on any atom is -0.394 e. The number of carbonyl (C=O) groups is 1. The second-order valence-corrected chi connectivity index (χ2v) is 7.20. The lowest BCUT2D eigenvalue weighted by Gasteiger charge is -2.33. The maximum Gasteiger partial charge on any atom is 0.227 e. The van der Waals surface area contributed by atoms with Crippen molar-refractivity contribution in [2.24, 2.45) is 11.8 Å². The summed E-state index contributed by atoms with van der Waals surface area (Å²) in [6.45, 7) is 7.41. The van der Waals surface area contributed by atoms with Crippen LogP contribution in [0.5, 0.6) is 0 Å². The molecule has 5 heteroatoms. The molecule has 138 valence electrons. The Kier molecular flexibility index (Phi) is 6.45. The highest BCUT2D eigenvalue weighted by Crippen LogP contribution is 2.33. The van der Waals surface area contributed by atoms with Gasteiger partial charge < -0.3 is 14.7 Å². The molecule has 2 aliphatic rings. The van der Waals surface area contributed by atoms with Crippen LogP contribution in [0.2, 0.25) is 0 Å². The van der Waals surface area contributed by atoms with Gasteiger partial charge >= 0.3 is 0 Å². The van der Waals surface area contributed by atoms with Crippen molar-refractivity contribution in [1.29, 1.82) is 0 Å². The fourth-order valence-corrected chi connectivity index (χ4v) is 4.25. The SMILES string of the molecule is CC[C@@H]1CN(C(=O)Cc2ccccc2)[C@H](CO)[C@@H]1CN1CCOCC1. The van der Waals surface area contributed by atoms with Crippen LogP contribution < -0.4 is 0 Å². The quantitative estimate of drug-likeness (QED) is 0.846. The summed E-state index contributed by atoms with van der Waals surface area (Å²) in [6.07, 6.45) is 1.46. The number of nitrogens with zero attached hydrogens (tertiary/aromatic N) is 2. The lowest BCUT2D eigenvalue weighted by Crippen LogP contribution is -2.46. The van der Waals surface area contributed by atoms with Gasteiger partial charge in [-0.05, 0) is 17.4 Å². The molecular weight excluding hydrogens is 316 g/mol. The summed E-state index contributed by atoms with van der Waals surface area (Å²) in [6, 6.07) is 9.81. The zero-order valence-electron chi connectivity index (χ0n) is 15.1. The van der Waals surface area contributed by atoms with Crippen LogP contribution in [0.15, 0.2) is 30.3 Å². The number of aliphatic hydroxyl groups excluding tert-OH is 1. The number of carbonyl (C=O) groups excluding carboxylic acids is 1. The van der Waals surface area contributed by atoms with E-state index in [-0.39, 0.29) is 18.6 Å². The highest BCUT2D eigenvalue weighted by Gasteiger charge is 2.43. The van der Waals surface area contributed by atoms with Gasteiger partial charge in [-0.15, -0.1) is 0 Å². The Morgan fingerprint density at radius 2 is 1.96 bits per heavy atom. The number of amides is 1. The summed E-state index contributed by atoms with van der Waals surface area (Å²) < 4.78 is 5.44. The fourth-order valence-electron chi connectivity index (χ4n) is 4.25. The first-order chi connectivity index (χ1) is 12.2. The summed E-state index contributed by atoms with van der Waals surface area (Å²) in [5.41, 5.74) is 1.04. The Morgan fingerprint density at radius 1 is 1.24 bits per heavy atom. The first kappa shape index (κ1) is 18.4. The lowest BCUT2D eigenvalue weighted by molar-refractivity contribution is -0.132. The second kappa shape index (κ2) is 8.79. The largest absolute Gasteiger partial charge is 0.394 e. The van der Waals surface area contributed by atoms with Crippen LogP contribution in [0.4, 0.5) is 0 Å². The van der Waals surface area contributed by atoms with E-state index in [0.29, 0.717) is 18.3 Å². The van der Waals surface area contributed by atoms with Crippen LogP contribution in [0.25, 0.3) is 0 Å². The molecule has 2 aliphatic heterocycles. The Bertz CT molecular complexity index is 545. The number of hydrogen-bond acceptors (Lipinski definition) is 4. The molecule has 3 rings (SSSR count). The molecule has 0 aromatic heterocycles. The molecule has 25 heavy (non-hydrogen) atoms. The first-order valence-corrected chi connectivity index (χ1v) is 9.47. The van der Waals surface area contributed by atoms with E-state index in [1.807, 2.05) is 35.2 Å². The van der Waals surface area contributed by atoms with E-state index in [9.17, 15) is 9.90 Å². The average molecular weight is 346 g/mol. The van der Waals surface area contributed by atoms with Crippen LogP contribution in [-0.4, -0.2) is 72.9 Å². The van der Waals surface area contributed by atoms with E-state index in [1.54, 1.807) is 0 Å². The standard InChI is InChI=1S/C20H30N2O3/c1-2-17-13-22(20(24)12-16-6-4-3-5-7-16)19(15-23)18(17)14-21-8-10-25-11-9-21/h3-7,17-19,23H,2,8-15H2,1H3/t17-,18-,19-/m1/s1. The van der Waals surface area contributed by atoms with Crippen molar-refractivity contribution in [3.63, 3.8) is 0 Å². The minimum atomic E-state index is -0.0657. The van der Waals surface area contributed by atoms with Gasteiger partial charge in [0.25, 0.3) is 0 Å². The number of morpholine rings is 1. The number of likely N-dealkylation sites (tertiary alicyclic amines) is 1. The van der Waals surface area contributed by atoms with E-state index in [2.05, 4.69) is 11.8 Å². The van der Waals surface area contributed by atoms with Crippen molar-refractivity contribution in [3.05, 3.63) is 35.9 Å². The van der Waals surface area contributed by atoms with Gasteiger partial charge in [0.15, 0.2) is 0 Å². The molecule has 0 aliphatic carbocycles. The van der Waals surface area contributed by atoms with Crippen molar-refractivity contribution in [2.45, 2.75) is 25.8 Å². The van der Waals surface area contributed by atoms with Gasteiger partial charge in [0.05, 0.1) is 32.3 Å². The van der Waals surface area contributed by atoms with E-state index >= 15 is 0 Å². The number of benzene rings is 1. The highest BCUT2D eigenvalue weighted by atomic mass is 16.5. The Morgan fingerprint density at radius 3 is 2.60 bits per heavy atom. The molecule has 0 spiro atoms. The minimum absolute atomic E-state index is 0.0477. The van der Waals surface area contributed by atoms with Crippen LogP contribution in [-0.2, 0) is 16.0 Å². The number of hydrogen-bond donors (Lipinski definition) is 1. The fraction of sp³-hybridized carbons (Fsp3) is 0.650. The highest BCUT2D eigenvalue weighted by molar-refractivity contribution is 5.79. The lowest BCUT2D eigenvalue weighted by atomic mass is 9.88. The zero-order chi connectivity index (χ0) is 17.6. The molecule has 1 aromatic rings. The van der Waals surface area contributed by atoms with Crippen molar-refractivity contribution >= 4 is 5.91 Å². The maximum atomic E-state index is 12.9. The van der Waals surface area contributed by atoms with Gasteiger partial charge in [-0.2, -0.15) is 0 Å². The van der Waals surface area contributed by atoms with Gasteiger partial charge in [0.2, 0.25) is 5.91 Å². The van der Waals surface area contributed by atoms with Crippen LogP contribution >= 0.6 is 0 Å². The van der Waals surface area contributed by atoms with E-state index < -0.39 is 0 Å². The Balaban J connectivity index is 1.68. The van der Waals surface area contributed by atoms with Crippen LogP contribution in [0.3, 0.4) is 0 Å². The van der Waals surface area contributed by atoms with E-state index in [4.69, 9.17) is 4.74 Å². The topological polar surface area (TPSA) is 53.0 Å². The molecule has 1 aromatic carbocycles. The number of ether oxygens (including phenoxy) is 1. The normalized spacial score (nSPS) is 27.6. The molecule has 0 saturated carbocycles. The van der Waals surface area contributed by atoms with Crippen molar-refractivity contribution in [1.82, 2.24) is 9.80 Å². The summed E-state index contributed by atoms with van der Waals surface area (Å²) in [4.78, 5) is 17.2. The first-order valence-electron chi connectivity index (χ1n) is 9.47. The van der Waals surface area contributed by atoms with Crippen LogP contribution in [0.1, 0.15) is 18.9 Å². The molecule has 1 amide bonds. The third-order valence-corrected chi connectivity index (χ3v) is 5.73. The third-order valence-electron chi connectivity index (χ3n) is 5.73.